The van der Waals surface area contributed by atoms with Gasteiger partial charge < -0.3 is 19.1 Å². The fourth-order valence-electron chi connectivity index (χ4n) is 5.00. The summed E-state index contributed by atoms with van der Waals surface area (Å²) in [7, 11) is 1.74. The van der Waals surface area contributed by atoms with Crippen LogP contribution in [0.25, 0.3) is 5.57 Å². The van der Waals surface area contributed by atoms with Crippen LogP contribution in [0, 0.1) is 0 Å². The van der Waals surface area contributed by atoms with Crippen LogP contribution < -0.4 is 19.1 Å². The number of methoxy groups -OCH3 is 1. The van der Waals surface area contributed by atoms with Gasteiger partial charge in [-0.05, 0) is 61.1 Å². The number of nitrogens with zero attached hydrogens (tertiary/aromatic N) is 2. The summed E-state index contributed by atoms with van der Waals surface area (Å²) < 4.78 is 17.5. The molecule has 3 aliphatic rings. The smallest absolute Gasteiger partial charge is 0.142 e. The monoisotopic (exact) mass is 420 g/mol. The summed E-state index contributed by atoms with van der Waals surface area (Å²) in [6.45, 7) is 6.76. The third-order valence-electron chi connectivity index (χ3n) is 6.70. The Balaban J connectivity index is 1.07. The Kier molecular flexibility index (Phi) is 6.03. The molecule has 1 aliphatic carbocycles. The molecule has 0 bridgehead atoms. The van der Waals surface area contributed by atoms with Crippen molar-refractivity contribution in [1.82, 2.24) is 4.90 Å². The van der Waals surface area contributed by atoms with Crippen molar-refractivity contribution < 1.29 is 14.2 Å². The zero-order chi connectivity index (χ0) is 21.0. The van der Waals surface area contributed by atoms with Crippen LogP contribution in [0.3, 0.4) is 0 Å². The quantitative estimate of drug-likeness (QED) is 0.611. The molecule has 2 aromatic rings. The number of hydrogen-bond acceptors (Lipinski definition) is 5. The van der Waals surface area contributed by atoms with Gasteiger partial charge in [0.25, 0.3) is 0 Å². The van der Waals surface area contributed by atoms with Gasteiger partial charge in [-0.25, -0.2) is 0 Å². The predicted octanol–water partition coefficient (Wildman–Crippen LogP) is 4.62. The maximum absolute atomic E-state index is 6.05. The second kappa shape index (κ2) is 9.23. The molecule has 2 aromatic carbocycles. The fourth-order valence-corrected chi connectivity index (χ4v) is 5.00. The molecular formula is C26H32N2O3. The number of allylic oxidation sites excluding steroid dienone is 1. The predicted molar refractivity (Wildman–Crippen MR) is 124 cm³/mol. The zero-order valence-corrected chi connectivity index (χ0v) is 18.4. The maximum Gasteiger partial charge on any atom is 0.142 e. The van der Waals surface area contributed by atoms with Gasteiger partial charge in [-0.2, -0.15) is 0 Å². The van der Waals surface area contributed by atoms with E-state index in [9.17, 15) is 0 Å². The Labute approximate surface area is 185 Å². The Morgan fingerprint density at radius 2 is 1.87 bits per heavy atom. The van der Waals surface area contributed by atoms with E-state index >= 15 is 0 Å². The summed E-state index contributed by atoms with van der Waals surface area (Å²) in [6.07, 6.45) is 4.68. The molecule has 2 aliphatic heterocycles. The van der Waals surface area contributed by atoms with Crippen LogP contribution >= 0.6 is 0 Å². The van der Waals surface area contributed by atoms with Crippen molar-refractivity contribution in [2.75, 3.05) is 57.9 Å². The molecule has 5 rings (SSSR count). The highest BCUT2D eigenvalue weighted by atomic mass is 16.5. The minimum atomic E-state index is 0.736. The summed E-state index contributed by atoms with van der Waals surface area (Å²) in [6, 6.07) is 14.6. The second-order valence-corrected chi connectivity index (χ2v) is 8.58. The average molecular weight is 421 g/mol. The largest absolute Gasteiger partial charge is 0.495 e. The van der Waals surface area contributed by atoms with Gasteiger partial charge in [-0.15, -0.1) is 0 Å². The first-order valence-electron chi connectivity index (χ1n) is 11.5. The molecule has 0 aromatic heterocycles. The van der Waals surface area contributed by atoms with Crippen LogP contribution in [-0.4, -0.2) is 57.9 Å². The molecule has 0 amide bonds. The van der Waals surface area contributed by atoms with Gasteiger partial charge in [-0.1, -0.05) is 12.1 Å². The number of benzene rings is 2. The van der Waals surface area contributed by atoms with E-state index in [1.165, 1.54) is 41.7 Å². The molecule has 0 spiro atoms. The third-order valence-corrected chi connectivity index (χ3v) is 6.70. The number of anilines is 1. The molecule has 164 valence electrons. The molecule has 0 atom stereocenters. The number of para-hydroxylation sites is 2. The summed E-state index contributed by atoms with van der Waals surface area (Å²) in [5.74, 6) is 2.87. The number of rotatable bonds is 7. The van der Waals surface area contributed by atoms with E-state index in [1.54, 1.807) is 7.11 Å². The maximum atomic E-state index is 6.05. The normalized spacial score (nSPS) is 18.4. The van der Waals surface area contributed by atoms with Gasteiger partial charge in [0.15, 0.2) is 0 Å². The lowest BCUT2D eigenvalue weighted by atomic mass is 9.99. The third kappa shape index (κ3) is 4.38. The van der Waals surface area contributed by atoms with E-state index in [4.69, 9.17) is 14.2 Å². The summed E-state index contributed by atoms with van der Waals surface area (Å²) in [5, 5.41) is 0. The first kappa shape index (κ1) is 20.3. The topological polar surface area (TPSA) is 34.2 Å². The lowest BCUT2D eigenvalue weighted by molar-refractivity contribution is 0.224. The van der Waals surface area contributed by atoms with Crippen molar-refractivity contribution in [1.29, 1.82) is 0 Å². The highest BCUT2D eigenvalue weighted by molar-refractivity contribution is 5.77. The first-order chi connectivity index (χ1) is 15.3. The van der Waals surface area contributed by atoms with Gasteiger partial charge in [0.1, 0.15) is 23.9 Å². The summed E-state index contributed by atoms with van der Waals surface area (Å²) >= 11 is 0. The Morgan fingerprint density at radius 1 is 1.00 bits per heavy atom. The van der Waals surface area contributed by atoms with E-state index in [-0.39, 0.29) is 0 Å². The highest BCUT2D eigenvalue weighted by Crippen LogP contribution is 2.43. The Bertz CT molecular complexity index is 947. The van der Waals surface area contributed by atoms with E-state index in [1.807, 2.05) is 12.1 Å². The van der Waals surface area contributed by atoms with Gasteiger partial charge in [0, 0.05) is 44.4 Å². The van der Waals surface area contributed by atoms with E-state index in [0.717, 1.165) is 69.6 Å². The van der Waals surface area contributed by atoms with Crippen LogP contribution in [0.2, 0.25) is 0 Å². The standard InChI is InChI=1S/C26H32N2O3/c1-29-25-9-3-2-8-24(25)28-15-13-27(14-16-28)12-5-17-30-21-10-11-23-22-7-4-6-20(22)19-31-26(23)18-21/h2-3,8-11,18H,4-7,12-17,19H2,1H3. The molecule has 2 heterocycles. The fraction of sp³-hybridized carbons (Fsp3) is 0.462. The van der Waals surface area contributed by atoms with Crippen LogP contribution in [-0.2, 0) is 0 Å². The SMILES string of the molecule is COc1ccccc1N1CCN(CCCOc2ccc3c(c2)OCC2=C3CCC2)CC1. The van der Waals surface area contributed by atoms with Gasteiger partial charge in [-0.3, -0.25) is 4.90 Å². The number of piperazine rings is 1. The second-order valence-electron chi connectivity index (χ2n) is 8.58. The Morgan fingerprint density at radius 3 is 2.74 bits per heavy atom. The zero-order valence-electron chi connectivity index (χ0n) is 18.4. The minimum Gasteiger partial charge on any atom is -0.495 e. The molecule has 31 heavy (non-hydrogen) atoms. The van der Waals surface area contributed by atoms with E-state index < -0.39 is 0 Å². The lowest BCUT2D eigenvalue weighted by Crippen LogP contribution is -2.46. The summed E-state index contributed by atoms with van der Waals surface area (Å²) in [4.78, 5) is 4.95. The summed E-state index contributed by atoms with van der Waals surface area (Å²) in [5.41, 5.74) is 5.48. The van der Waals surface area contributed by atoms with E-state index in [2.05, 4.69) is 40.1 Å². The molecule has 0 radical (unpaired) electrons. The number of ether oxygens (including phenoxy) is 3. The highest BCUT2D eigenvalue weighted by Gasteiger charge is 2.24. The number of hydrogen-bond donors (Lipinski definition) is 0. The van der Waals surface area contributed by atoms with Crippen LogP contribution in [0.1, 0.15) is 31.2 Å². The Hall–Kier alpha value is -2.66. The van der Waals surface area contributed by atoms with Crippen molar-refractivity contribution in [3.05, 3.63) is 53.6 Å². The molecule has 0 saturated carbocycles. The molecule has 1 saturated heterocycles. The van der Waals surface area contributed by atoms with Gasteiger partial charge in [0.05, 0.1) is 19.4 Å². The number of fused-ring (bicyclic) bond motifs is 2. The van der Waals surface area contributed by atoms with E-state index in [0.29, 0.717) is 0 Å². The van der Waals surface area contributed by atoms with Crippen LogP contribution in [0.15, 0.2) is 48.0 Å². The molecular weight excluding hydrogens is 388 g/mol. The van der Waals surface area contributed by atoms with Crippen molar-refractivity contribution in [2.24, 2.45) is 0 Å². The van der Waals surface area contributed by atoms with Crippen molar-refractivity contribution in [3.63, 3.8) is 0 Å². The van der Waals surface area contributed by atoms with Crippen molar-refractivity contribution in [2.45, 2.75) is 25.7 Å². The van der Waals surface area contributed by atoms with Crippen LogP contribution in [0.5, 0.6) is 17.2 Å². The van der Waals surface area contributed by atoms with Gasteiger partial charge in [0.2, 0.25) is 0 Å². The molecule has 5 heteroatoms. The van der Waals surface area contributed by atoms with Crippen LogP contribution in [0.4, 0.5) is 5.69 Å². The molecule has 0 unspecified atom stereocenters. The average Bonchev–Trinajstić information content (AvgIpc) is 3.31. The first-order valence-corrected chi connectivity index (χ1v) is 11.5. The lowest BCUT2D eigenvalue weighted by Gasteiger charge is -2.36. The molecule has 5 nitrogen and oxygen atoms in total. The van der Waals surface area contributed by atoms with Gasteiger partial charge >= 0.3 is 0 Å². The minimum absolute atomic E-state index is 0.736. The molecule has 0 N–H and O–H groups in total. The van der Waals surface area contributed by atoms with Crippen molar-refractivity contribution >= 4 is 11.3 Å². The molecule has 1 fully saturated rings. The van der Waals surface area contributed by atoms with Crippen molar-refractivity contribution in [3.8, 4) is 17.2 Å².